The third-order valence-corrected chi connectivity index (χ3v) is 9.35. The van der Waals surface area contributed by atoms with Gasteiger partial charge in [-0.1, -0.05) is 26.8 Å². The lowest BCUT2D eigenvalue weighted by Gasteiger charge is -2.59. The van der Waals surface area contributed by atoms with E-state index in [2.05, 4.69) is 13.0 Å². The molecule has 0 aliphatic heterocycles. The Labute approximate surface area is 195 Å². The molecule has 0 saturated heterocycles. The smallest absolute Gasteiger partial charge is 0.307 e. The van der Waals surface area contributed by atoms with Gasteiger partial charge in [-0.05, 0) is 66.4 Å². The van der Waals surface area contributed by atoms with E-state index in [0.29, 0.717) is 25.0 Å². The number of aliphatic hydroxyl groups is 2. The van der Waals surface area contributed by atoms with Gasteiger partial charge in [-0.15, -0.1) is 0 Å². The van der Waals surface area contributed by atoms with Crippen LogP contribution in [0, 0.1) is 34.5 Å². The van der Waals surface area contributed by atoms with Crippen molar-refractivity contribution in [3.05, 3.63) is 23.5 Å². The molecular formula is C26H36O7. The van der Waals surface area contributed by atoms with Crippen LogP contribution in [0.15, 0.2) is 23.5 Å². The summed E-state index contributed by atoms with van der Waals surface area (Å²) in [6, 6.07) is 0. The lowest BCUT2D eigenvalue weighted by Crippen LogP contribution is -2.62. The first kappa shape index (κ1) is 24.1. The fourth-order valence-corrected chi connectivity index (χ4v) is 7.90. The Morgan fingerprint density at radius 3 is 2.52 bits per heavy atom. The highest BCUT2D eigenvalue weighted by Crippen LogP contribution is 2.68. The third-order valence-electron chi connectivity index (χ3n) is 9.35. The lowest BCUT2D eigenvalue weighted by molar-refractivity contribution is -0.186. The zero-order chi connectivity index (χ0) is 24.3. The molecule has 7 nitrogen and oxygen atoms in total. The number of fused-ring (bicyclic) bond motifs is 5. The summed E-state index contributed by atoms with van der Waals surface area (Å²) in [5.41, 5.74) is -1.63. The number of carbonyl (C=O) groups excluding carboxylic acids is 3. The summed E-state index contributed by atoms with van der Waals surface area (Å²) in [6.07, 6.45) is 6.58. The Balaban J connectivity index is 1.68. The second-order valence-electron chi connectivity index (χ2n) is 11.1. The number of hydrogen-bond acceptors (Lipinski definition) is 7. The molecule has 8 atom stereocenters. The Morgan fingerprint density at radius 2 is 1.88 bits per heavy atom. The SMILES string of the molecule is CC(=O)OCC(=O)[C@@]1(O)[C@H](C)C[C@H]2[C@@H]3CC=C4C=C(OC(C)=O)CC[C@]4(C)[C@H]3[C@@H](O)C[C@@]21C. The largest absolute Gasteiger partial charge is 0.458 e. The van der Waals surface area contributed by atoms with Crippen molar-refractivity contribution in [2.45, 2.75) is 78.4 Å². The minimum absolute atomic E-state index is 0.0103. The van der Waals surface area contributed by atoms with Gasteiger partial charge in [0.25, 0.3) is 0 Å². The Hall–Kier alpha value is -1.99. The predicted octanol–water partition coefficient (Wildman–Crippen LogP) is 3.09. The highest BCUT2D eigenvalue weighted by molar-refractivity contribution is 5.91. The van der Waals surface area contributed by atoms with E-state index in [1.807, 2.05) is 19.9 Å². The van der Waals surface area contributed by atoms with E-state index in [1.54, 1.807) is 0 Å². The summed E-state index contributed by atoms with van der Waals surface area (Å²) in [7, 11) is 0. The van der Waals surface area contributed by atoms with Crippen LogP contribution in [0.2, 0.25) is 0 Å². The molecule has 0 aromatic carbocycles. The Morgan fingerprint density at radius 1 is 1.18 bits per heavy atom. The van der Waals surface area contributed by atoms with Gasteiger partial charge in [0.15, 0.2) is 6.61 Å². The number of ketones is 1. The van der Waals surface area contributed by atoms with Crippen LogP contribution in [0.4, 0.5) is 0 Å². The van der Waals surface area contributed by atoms with Gasteiger partial charge in [0.05, 0.1) is 6.10 Å². The van der Waals surface area contributed by atoms with Crippen LogP contribution < -0.4 is 0 Å². The summed E-state index contributed by atoms with van der Waals surface area (Å²) >= 11 is 0. The van der Waals surface area contributed by atoms with Crippen molar-refractivity contribution in [1.82, 2.24) is 0 Å². The molecule has 0 radical (unpaired) electrons. The number of rotatable bonds is 4. The minimum atomic E-state index is -1.65. The number of ether oxygens (including phenoxy) is 2. The second-order valence-corrected chi connectivity index (χ2v) is 11.1. The molecule has 0 spiro atoms. The van der Waals surface area contributed by atoms with E-state index < -0.39 is 35.5 Å². The number of aliphatic hydroxyl groups excluding tert-OH is 1. The summed E-state index contributed by atoms with van der Waals surface area (Å²) in [6.45, 7) is 8.18. The third kappa shape index (κ3) is 3.50. The second kappa shape index (κ2) is 8.05. The maximum Gasteiger partial charge on any atom is 0.307 e. The van der Waals surface area contributed by atoms with Gasteiger partial charge in [0.1, 0.15) is 11.4 Å². The van der Waals surface area contributed by atoms with E-state index in [4.69, 9.17) is 9.47 Å². The summed E-state index contributed by atoms with van der Waals surface area (Å²) in [5.74, 6) is -0.838. The molecule has 2 fully saturated rings. The summed E-state index contributed by atoms with van der Waals surface area (Å²) < 4.78 is 10.3. The summed E-state index contributed by atoms with van der Waals surface area (Å²) in [5, 5.41) is 23.3. The molecule has 4 aliphatic carbocycles. The number of allylic oxidation sites excluding steroid dienone is 4. The number of carbonyl (C=O) groups is 3. The average molecular weight is 461 g/mol. The van der Waals surface area contributed by atoms with Crippen LogP contribution in [0.25, 0.3) is 0 Å². The molecule has 182 valence electrons. The van der Waals surface area contributed by atoms with Crippen molar-refractivity contribution >= 4 is 17.7 Å². The van der Waals surface area contributed by atoms with Crippen LogP contribution in [0.5, 0.6) is 0 Å². The van der Waals surface area contributed by atoms with Gasteiger partial charge >= 0.3 is 11.9 Å². The molecule has 4 aliphatic rings. The van der Waals surface area contributed by atoms with Gasteiger partial charge in [-0.3, -0.25) is 14.4 Å². The zero-order valence-corrected chi connectivity index (χ0v) is 20.2. The van der Waals surface area contributed by atoms with Crippen molar-refractivity contribution in [1.29, 1.82) is 0 Å². The normalized spacial score (nSPS) is 43.9. The van der Waals surface area contributed by atoms with E-state index >= 15 is 0 Å². The standard InChI is InChI=1S/C26H36O7/c1-14-10-20-19-7-6-17-11-18(33-16(3)28)8-9-24(17,4)23(19)21(29)12-25(20,5)26(14,31)22(30)13-32-15(2)27/h6,11,14,19-21,23,29,31H,7-10,12-13H2,1-5H3/t14-,19+,20+,21+,23-,24+,25+,26+/m1/s1. The lowest BCUT2D eigenvalue weighted by atomic mass is 9.46. The molecule has 0 bridgehead atoms. The van der Waals surface area contributed by atoms with Gasteiger partial charge in [-0.25, -0.2) is 0 Å². The van der Waals surface area contributed by atoms with Crippen molar-refractivity contribution in [3.8, 4) is 0 Å². The molecule has 7 heteroatoms. The van der Waals surface area contributed by atoms with Crippen LogP contribution in [0.3, 0.4) is 0 Å². The number of hydrogen-bond donors (Lipinski definition) is 2. The molecule has 0 amide bonds. The molecule has 33 heavy (non-hydrogen) atoms. The maximum atomic E-state index is 13.2. The maximum absolute atomic E-state index is 13.2. The van der Waals surface area contributed by atoms with Crippen LogP contribution in [-0.2, 0) is 23.9 Å². The van der Waals surface area contributed by atoms with Crippen molar-refractivity contribution in [2.75, 3.05) is 6.61 Å². The van der Waals surface area contributed by atoms with E-state index in [0.717, 1.165) is 18.4 Å². The van der Waals surface area contributed by atoms with Gasteiger partial charge < -0.3 is 19.7 Å². The van der Waals surface area contributed by atoms with E-state index in [1.165, 1.54) is 13.8 Å². The number of Topliss-reactive ketones (excluding diaryl/α,β-unsaturated/α-hetero) is 1. The highest BCUT2D eigenvalue weighted by atomic mass is 16.5. The Kier molecular flexibility index (Phi) is 5.89. The highest BCUT2D eigenvalue weighted by Gasteiger charge is 2.70. The molecule has 0 aromatic rings. The van der Waals surface area contributed by atoms with E-state index in [9.17, 15) is 24.6 Å². The van der Waals surface area contributed by atoms with Crippen LogP contribution >= 0.6 is 0 Å². The first-order valence-electron chi connectivity index (χ1n) is 12.0. The number of esters is 2. The average Bonchev–Trinajstić information content (AvgIpc) is 2.92. The molecule has 2 saturated carbocycles. The van der Waals surface area contributed by atoms with Crippen molar-refractivity contribution in [2.24, 2.45) is 34.5 Å². The van der Waals surface area contributed by atoms with Gasteiger partial charge in [0.2, 0.25) is 5.78 Å². The van der Waals surface area contributed by atoms with Crippen molar-refractivity contribution < 1.29 is 34.1 Å². The fraction of sp³-hybridized carbons (Fsp3) is 0.731. The quantitative estimate of drug-likeness (QED) is 0.620. The van der Waals surface area contributed by atoms with Gasteiger partial charge in [-0.2, -0.15) is 0 Å². The molecule has 0 unspecified atom stereocenters. The van der Waals surface area contributed by atoms with E-state index in [-0.39, 0.29) is 35.1 Å². The zero-order valence-electron chi connectivity index (χ0n) is 20.2. The minimum Gasteiger partial charge on any atom is -0.458 e. The van der Waals surface area contributed by atoms with Gasteiger partial charge in [0, 0.05) is 25.7 Å². The molecule has 0 heterocycles. The van der Waals surface area contributed by atoms with Crippen LogP contribution in [0.1, 0.15) is 66.7 Å². The van der Waals surface area contributed by atoms with Crippen LogP contribution in [-0.4, -0.2) is 46.2 Å². The molecule has 4 rings (SSSR count). The topological polar surface area (TPSA) is 110 Å². The first-order chi connectivity index (χ1) is 15.3. The Bertz CT molecular complexity index is 935. The predicted molar refractivity (Wildman–Crippen MR) is 119 cm³/mol. The molecule has 2 N–H and O–H groups in total. The summed E-state index contributed by atoms with van der Waals surface area (Å²) in [4.78, 5) is 35.8. The fourth-order valence-electron chi connectivity index (χ4n) is 7.90. The monoisotopic (exact) mass is 460 g/mol. The van der Waals surface area contributed by atoms with Crippen molar-refractivity contribution in [3.63, 3.8) is 0 Å². The first-order valence-corrected chi connectivity index (χ1v) is 12.0. The molecule has 0 aromatic heterocycles. The molecular weight excluding hydrogens is 424 g/mol.